The van der Waals surface area contributed by atoms with Crippen molar-refractivity contribution < 1.29 is 22.0 Å². The van der Waals surface area contributed by atoms with Crippen LogP contribution in [0.25, 0.3) is 11.0 Å². The van der Waals surface area contributed by atoms with Gasteiger partial charge in [-0.1, -0.05) is 6.92 Å². The van der Waals surface area contributed by atoms with Gasteiger partial charge >= 0.3 is 0 Å². The highest BCUT2D eigenvalue weighted by atomic mass is 35.5. The first-order chi connectivity index (χ1) is 15.3. The number of pyridine rings is 1. The number of H-pyrrole nitrogens is 1. The lowest BCUT2D eigenvalue weighted by atomic mass is 10.0. The Bertz CT molecular complexity index is 1280. The number of hydrogen-bond donors (Lipinski definition) is 3. The molecule has 0 spiro atoms. The van der Waals surface area contributed by atoms with Gasteiger partial charge in [0.1, 0.15) is 11.5 Å². The van der Waals surface area contributed by atoms with Crippen molar-refractivity contribution in [2.24, 2.45) is 0 Å². The molecule has 4 rings (SSSR count). The fraction of sp³-hybridized carbons (Fsp3) is 0.333. The summed E-state index contributed by atoms with van der Waals surface area (Å²) in [6.45, 7) is 4.82. The van der Waals surface area contributed by atoms with Crippen molar-refractivity contribution in [3.63, 3.8) is 0 Å². The summed E-state index contributed by atoms with van der Waals surface area (Å²) in [6, 6.07) is 3.61. The summed E-state index contributed by atoms with van der Waals surface area (Å²) in [6.07, 6.45) is 3.36. The van der Waals surface area contributed by atoms with E-state index in [2.05, 4.69) is 24.9 Å². The van der Waals surface area contributed by atoms with Gasteiger partial charge in [0.25, 0.3) is 0 Å². The topological polar surface area (TPSA) is 107 Å². The zero-order chi connectivity index (χ0) is 22.9. The molecule has 0 atom stereocenters. The third-order valence-electron chi connectivity index (χ3n) is 5.30. The Morgan fingerprint density at radius 1 is 1.24 bits per heavy atom. The van der Waals surface area contributed by atoms with Crippen molar-refractivity contribution in [3.05, 3.63) is 53.4 Å². The second kappa shape index (κ2) is 10.0. The SMILES string of the molecule is CCCS(=O)(=O)Nc1ccc(F)c(C(=O)c2c[nH]c3ncc(N4CCNCC4)cc23)c1F.Cl. The number of anilines is 2. The van der Waals surface area contributed by atoms with Crippen molar-refractivity contribution >= 4 is 50.6 Å². The number of fused-ring (bicyclic) bond motifs is 1. The molecular formula is C21H24ClF2N5O3S. The van der Waals surface area contributed by atoms with Crippen LogP contribution in [-0.2, 0) is 10.0 Å². The Morgan fingerprint density at radius 3 is 2.67 bits per heavy atom. The number of carbonyl (C=O) groups is 1. The molecule has 1 saturated heterocycles. The van der Waals surface area contributed by atoms with Crippen molar-refractivity contribution in [1.82, 2.24) is 15.3 Å². The number of hydrogen-bond acceptors (Lipinski definition) is 6. The summed E-state index contributed by atoms with van der Waals surface area (Å²) >= 11 is 0. The molecule has 3 aromatic rings. The second-order valence-electron chi connectivity index (χ2n) is 7.56. The summed E-state index contributed by atoms with van der Waals surface area (Å²) in [7, 11) is -3.82. The molecule has 1 aliphatic heterocycles. The number of sulfonamides is 1. The van der Waals surface area contributed by atoms with Crippen LogP contribution in [0.2, 0.25) is 0 Å². The predicted molar refractivity (Wildman–Crippen MR) is 126 cm³/mol. The molecule has 1 aliphatic rings. The van der Waals surface area contributed by atoms with Crippen LogP contribution in [0.1, 0.15) is 29.3 Å². The monoisotopic (exact) mass is 499 g/mol. The van der Waals surface area contributed by atoms with Gasteiger partial charge in [-0.2, -0.15) is 0 Å². The van der Waals surface area contributed by atoms with Gasteiger partial charge in [0.05, 0.1) is 28.9 Å². The molecule has 1 fully saturated rings. The molecular weight excluding hydrogens is 476 g/mol. The Hall–Kier alpha value is -2.76. The van der Waals surface area contributed by atoms with E-state index in [1.54, 1.807) is 19.2 Å². The molecule has 0 radical (unpaired) electrons. The van der Waals surface area contributed by atoms with E-state index in [4.69, 9.17) is 0 Å². The first-order valence-corrected chi connectivity index (χ1v) is 11.9. The average Bonchev–Trinajstić information content (AvgIpc) is 3.19. The molecule has 3 heterocycles. The summed E-state index contributed by atoms with van der Waals surface area (Å²) < 4.78 is 55.8. The van der Waals surface area contributed by atoms with Crippen LogP contribution >= 0.6 is 12.4 Å². The highest BCUT2D eigenvalue weighted by Crippen LogP contribution is 2.29. The van der Waals surface area contributed by atoms with Gasteiger partial charge in [0.15, 0.2) is 5.82 Å². The van der Waals surface area contributed by atoms with E-state index in [0.29, 0.717) is 17.5 Å². The predicted octanol–water partition coefficient (Wildman–Crippen LogP) is 3.06. The Balaban J connectivity index is 0.00000306. The van der Waals surface area contributed by atoms with E-state index in [1.807, 2.05) is 0 Å². The van der Waals surface area contributed by atoms with Gasteiger partial charge in [0, 0.05) is 43.3 Å². The number of aromatic amines is 1. The van der Waals surface area contributed by atoms with Gasteiger partial charge < -0.3 is 15.2 Å². The van der Waals surface area contributed by atoms with Crippen LogP contribution in [0.5, 0.6) is 0 Å². The zero-order valence-corrected chi connectivity index (χ0v) is 19.5. The molecule has 0 saturated carbocycles. The van der Waals surface area contributed by atoms with Gasteiger partial charge in [-0.15, -0.1) is 12.4 Å². The van der Waals surface area contributed by atoms with E-state index in [-0.39, 0.29) is 23.7 Å². The molecule has 178 valence electrons. The van der Waals surface area contributed by atoms with E-state index in [0.717, 1.165) is 44.0 Å². The van der Waals surface area contributed by atoms with E-state index < -0.39 is 38.7 Å². The highest BCUT2D eigenvalue weighted by Gasteiger charge is 2.26. The molecule has 33 heavy (non-hydrogen) atoms. The minimum atomic E-state index is -3.82. The van der Waals surface area contributed by atoms with Crippen molar-refractivity contribution in [2.75, 3.05) is 41.6 Å². The lowest BCUT2D eigenvalue weighted by molar-refractivity contribution is 0.103. The van der Waals surface area contributed by atoms with Gasteiger partial charge in [0.2, 0.25) is 15.8 Å². The summed E-state index contributed by atoms with van der Waals surface area (Å²) in [5, 5.41) is 3.69. The summed E-state index contributed by atoms with van der Waals surface area (Å²) in [5.41, 5.74) is -0.0313. The Labute approximate surface area is 196 Å². The second-order valence-corrected chi connectivity index (χ2v) is 9.40. The van der Waals surface area contributed by atoms with Crippen LogP contribution in [0.4, 0.5) is 20.2 Å². The maximum Gasteiger partial charge on any atom is 0.232 e. The lowest BCUT2D eigenvalue weighted by Gasteiger charge is -2.29. The van der Waals surface area contributed by atoms with Crippen molar-refractivity contribution in [2.45, 2.75) is 13.3 Å². The third-order valence-corrected chi connectivity index (χ3v) is 6.78. The van der Waals surface area contributed by atoms with E-state index in [1.165, 1.54) is 6.20 Å². The molecule has 12 heteroatoms. The number of piperazine rings is 1. The molecule has 3 N–H and O–H groups in total. The molecule has 0 bridgehead atoms. The molecule has 2 aromatic heterocycles. The first-order valence-electron chi connectivity index (χ1n) is 10.3. The summed E-state index contributed by atoms with van der Waals surface area (Å²) in [5.74, 6) is -3.46. The highest BCUT2D eigenvalue weighted by molar-refractivity contribution is 7.92. The Kier molecular flexibility index (Phi) is 7.55. The third kappa shape index (κ3) is 5.10. The largest absolute Gasteiger partial charge is 0.368 e. The van der Waals surface area contributed by atoms with Crippen LogP contribution in [0.3, 0.4) is 0 Å². The normalized spacial score (nSPS) is 14.2. The van der Waals surface area contributed by atoms with Crippen LogP contribution in [-0.4, -0.2) is 56.1 Å². The molecule has 0 amide bonds. The van der Waals surface area contributed by atoms with Crippen LogP contribution < -0.4 is 14.9 Å². The molecule has 8 nitrogen and oxygen atoms in total. The van der Waals surface area contributed by atoms with Gasteiger partial charge in [-0.05, 0) is 24.6 Å². The number of ketones is 1. The fourth-order valence-corrected chi connectivity index (χ4v) is 4.87. The lowest BCUT2D eigenvalue weighted by Crippen LogP contribution is -2.43. The number of aromatic nitrogens is 2. The van der Waals surface area contributed by atoms with E-state index in [9.17, 15) is 17.6 Å². The Morgan fingerprint density at radius 2 is 1.97 bits per heavy atom. The number of rotatable bonds is 7. The van der Waals surface area contributed by atoms with Crippen LogP contribution in [0.15, 0.2) is 30.6 Å². The van der Waals surface area contributed by atoms with Crippen molar-refractivity contribution in [3.8, 4) is 0 Å². The average molecular weight is 500 g/mol. The fourth-order valence-electron chi connectivity index (χ4n) is 3.74. The molecule has 0 aliphatic carbocycles. The number of halogens is 3. The van der Waals surface area contributed by atoms with Gasteiger partial charge in [-0.3, -0.25) is 9.52 Å². The number of carbonyl (C=O) groups excluding carboxylic acids is 1. The number of benzene rings is 1. The molecule has 1 aromatic carbocycles. The van der Waals surface area contributed by atoms with Gasteiger partial charge in [-0.25, -0.2) is 22.2 Å². The number of nitrogens with zero attached hydrogens (tertiary/aromatic N) is 2. The minimum Gasteiger partial charge on any atom is -0.368 e. The van der Waals surface area contributed by atoms with E-state index >= 15 is 4.39 Å². The molecule has 0 unspecified atom stereocenters. The number of nitrogens with one attached hydrogen (secondary N) is 3. The summed E-state index contributed by atoms with van der Waals surface area (Å²) in [4.78, 5) is 22.5. The van der Waals surface area contributed by atoms with Crippen molar-refractivity contribution in [1.29, 1.82) is 0 Å². The van der Waals surface area contributed by atoms with Crippen LogP contribution in [0, 0.1) is 11.6 Å². The minimum absolute atomic E-state index is 0. The smallest absolute Gasteiger partial charge is 0.232 e. The first kappa shape index (κ1) is 24.9. The standard InChI is InChI=1S/C21H23F2N5O3S.ClH/c1-2-9-32(30,31)27-17-4-3-16(22)18(19(17)23)20(29)15-12-26-21-14(15)10-13(11-25-21)28-7-5-24-6-8-28;/h3-4,10-12,24,27H,2,5-9H2,1H3,(H,25,26);1H. The maximum atomic E-state index is 15.1. The quantitative estimate of drug-likeness (QED) is 0.431. The zero-order valence-electron chi connectivity index (χ0n) is 17.8. The maximum absolute atomic E-state index is 15.1.